The van der Waals surface area contributed by atoms with Crippen molar-refractivity contribution < 1.29 is 0 Å². The van der Waals surface area contributed by atoms with E-state index in [1.165, 1.54) is 0 Å². The maximum Gasteiger partial charge on any atom is 0.161 e. The second-order valence-corrected chi connectivity index (χ2v) is 6.22. The largest absolute Gasteiger partial charge is 0.370 e. The van der Waals surface area contributed by atoms with E-state index in [4.69, 9.17) is 0 Å². The van der Waals surface area contributed by atoms with Crippen LogP contribution < -0.4 is 5.32 Å². The lowest BCUT2D eigenvalue weighted by Crippen LogP contribution is -2.08. The topological polar surface area (TPSA) is 55.6 Å². The molecular weight excluding hydrogens is 354 g/mol. The molecule has 0 aliphatic heterocycles. The van der Waals surface area contributed by atoms with E-state index in [1.54, 1.807) is 6.20 Å². The molecule has 0 spiro atoms. The van der Waals surface area contributed by atoms with Gasteiger partial charge >= 0.3 is 0 Å². The van der Waals surface area contributed by atoms with Crippen molar-refractivity contribution in [1.82, 2.24) is 19.5 Å². The molecule has 0 amide bonds. The molecule has 118 valence electrons. The quantitative estimate of drug-likeness (QED) is 0.667. The van der Waals surface area contributed by atoms with Crippen LogP contribution in [0.25, 0.3) is 11.4 Å². The van der Waals surface area contributed by atoms with Crippen LogP contribution in [0.4, 0.5) is 5.82 Å². The van der Waals surface area contributed by atoms with Gasteiger partial charge in [0.2, 0.25) is 0 Å². The summed E-state index contributed by atoms with van der Waals surface area (Å²) in [5.74, 6) is 1.61. The molecule has 2 heterocycles. The Morgan fingerprint density at radius 1 is 1.17 bits per heavy atom. The Bertz CT molecular complexity index is 753. The molecule has 0 saturated carbocycles. The van der Waals surface area contributed by atoms with Gasteiger partial charge in [-0.25, -0.2) is 15.0 Å². The first kappa shape index (κ1) is 15.7. The van der Waals surface area contributed by atoms with Crippen LogP contribution >= 0.6 is 15.9 Å². The molecule has 0 unspecified atom stereocenters. The van der Waals surface area contributed by atoms with Gasteiger partial charge in [0.05, 0.1) is 6.33 Å². The summed E-state index contributed by atoms with van der Waals surface area (Å²) in [5.41, 5.74) is 1.97. The number of hydrogen-bond acceptors (Lipinski definition) is 4. The van der Waals surface area contributed by atoms with Gasteiger partial charge in [0.15, 0.2) is 5.82 Å². The van der Waals surface area contributed by atoms with Gasteiger partial charge in [0.25, 0.3) is 0 Å². The Kier molecular flexibility index (Phi) is 5.02. The van der Waals surface area contributed by atoms with Gasteiger partial charge in [-0.15, -0.1) is 0 Å². The van der Waals surface area contributed by atoms with Gasteiger partial charge in [-0.1, -0.05) is 28.1 Å². The summed E-state index contributed by atoms with van der Waals surface area (Å²) in [6.07, 6.45) is 6.61. The minimum Gasteiger partial charge on any atom is -0.370 e. The van der Waals surface area contributed by atoms with Crippen LogP contribution in [-0.4, -0.2) is 26.1 Å². The van der Waals surface area contributed by atoms with Crippen molar-refractivity contribution in [2.45, 2.75) is 19.9 Å². The maximum atomic E-state index is 4.61. The molecule has 0 radical (unpaired) electrons. The average molecular weight is 372 g/mol. The highest BCUT2D eigenvalue weighted by Gasteiger charge is 2.05. The Morgan fingerprint density at radius 3 is 2.74 bits per heavy atom. The van der Waals surface area contributed by atoms with Crippen LogP contribution in [0.5, 0.6) is 0 Å². The molecular formula is C17H18BrN5. The molecule has 0 atom stereocenters. The summed E-state index contributed by atoms with van der Waals surface area (Å²) in [4.78, 5) is 13.2. The number of nitrogens with one attached hydrogen (secondary N) is 1. The summed E-state index contributed by atoms with van der Waals surface area (Å²) >= 11 is 3.45. The van der Waals surface area contributed by atoms with Crippen LogP contribution in [0, 0.1) is 6.92 Å². The van der Waals surface area contributed by atoms with Gasteiger partial charge in [0.1, 0.15) is 5.82 Å². The van der Waals surface area contributed by atoms with Gasteiger partial charge in [-0.2, -0.15) is 0 Å². The zero-order chi connectivity index (χ0) is 16.1. The van der Waals surface area contributed by atoms with E-state index in [0.717, 1.165) is 46.9 Å². The van der Waals surface area contributed by atoms with Crippen molar-refractivity contribution in [3.8, 4) is 11.4 Å². The molecule has 0 saturated heterocycles. The Morgan fingerprint density at radius 2 is 2.00 bits per heavy atom. The summed E-state index contributed by atoms with van der Waals surface area (Å²) in [6, 6.07) is 10.0. The van der Waals surface area contributed by atoms with E-state index in [2.05, 4.69) is 40.8 Å². The van der Waals surface area contributed by atoms with Crippen molar-refractivity contribution in [1.29, 1.82) is 0 Å². The fourth-order valence-electron chi connectivity index (χ4n) is 2.28. The first-order valence-corrected chi connectivity index (χ1v) is 8.31. The third kappa shape index (κ3) is 4.39. The monoisotopic (exact) mass is 371 g/mol. The van der Waals surface area contributed by atoms with Crippen LogP contribution in [-0.2, 0) is 6.54 Å². The second kappa shape index (κ2) is 7.37. The number of rotatable bonds is 6. The lowest BCUT2D eigenvalue weighted by atomic mass is 10.2. The van der Waals surface area contributed by atoms with E-state index < -0.39 is 0 Å². The third-order valence-electron chi connectivity index (χ3n) is 3.42. The molecule has 6 heteroatoms. The smallest absolute Gasteiger partial charge is 0.161 e. The Hall–Kier alpha value is -2.21. The van der Waals surface area contributed by atoms with E-state index in [0.29, 0.717) is 0 Å². The Balaban J connectivity index is 1.64. The molecule has 2 aromatic heterocycles. The molecule has 0 aliphatic rings. The maximum absolute atomic E-state index is 4.61. The minimum atomic E-state index is 0.745. The van der Waals surface area contributed by atoms with Crippen molar-refractivity contribution >= 4 is 21.7 Å². The summed E-state index contributed by atoms with van der Waals surface area (Å²) in [5, 5.41) is 3.38. The molecule has 5 nitrogen and oxygen atoms in total. The zero-order valence-electron chi connectivity index (χ0n) is 12.9. The number of aryl methyl sites for hydroxylation is 2. The minimum absolute atomic E-state index is 0.745. The molecule has 3 rings (SSSR count). The molecule has 23 heavy (non-hydrogen) atoms. The van der Waals surface area contributed by atoms with E-state index in [1.807, 2.05) is 49.8 Å². The highest BCUT2D eigenvalue weighted by Crippen LogP contribution is 2.20. The number of aromatic nitrogens is 4. The standard InChI is InChI=1S/C17H18BrN5/c1-13-11-16(20-7-2-9-23-10-8-19-12-23)22-17(21-13)14-3-5-15(18)6-4-14/h3-6,8,10-12H,2,7,9H2,1H3,(H,20,21,22). The van der Waals surface area contributed by atoms with Gasteiger partial charge in [0, 0.05) is 47.3 Å². The van der Waals surface area contributed by atoms with Gasteiger partial charge < -0.3 is 9.88 Å². The zero-order valence-corrected chi connectivity index (χ0v) is 14.5. The van der Waals surface area contributed by atoms with Crippen molar-refractivity contribution in [2.24, 2.45) is 0 Å². The molecule has 1 aromatic carbocycles. The number of benzene rings is 1. The summed E-state index contributed by atoms with van der Waals surface area (Å²) in [7, 11) is 0. The highest BCUT2D eigenvalue weighted by atomic mass is 79.9. The highest BCUT2D eigenvalue weighted by molar-refractivity contribution is 9.10. The van der Waals surface area contributed by atoms with Crippen molar-refractivity contribution in [2.75, 3.05) is 11.9 Å². The Labute approximate surface area is 144 Å². The van der Waals surface area contributed by atoms with Crippen LogP contribution in [0.3, 0.4) is 0 Å². The average Bonchev–Trinajstić information content (AvgIpc) is 3.05. The third-order valence-corrected chi connectivity index (χ3v) is 3.94. The van der Waals surface area contributed by atoms with E-state index in [9.17, 15) is 0 Å². The van der Waals surface area contributed by atoms with Gasteiger partial charge in [-0.3, -0.25) is 0 Å². The molecule has 0 bridgehead atoms. The number of anilines is 1. The van der Waals surface area contributed by atoms with Crippen LogP contribution in [0.15, 0.2) is 53.5 Å². The fourth-order valence-corrected chi connectivity index (χ4v) is 2.55. The molecule has 0 aliphatic carbocycles. The second-order valence-electron chi connectivity index (χ2n) is 5.31. The molecule has 0 fully saturated rings. The fraction of sp³-hybridized carbons (Fsp3) is 0.235. The van der Waals surface area contributed by atoms with Crippen molar-refractivity contribution in [3.05, 3.63) is 59.2 Å². The van der Waals surface area contributed by atoms with Crippen LogP contribution in [0.1, 0.15) is 12.1 Å². The summed E-state index contributed by atoms with van der Waals surface area (Å²) in [6.45, 7) is 3.78. The first-order valence-electron chi connectivity index (χ1n) is 7.52. The van der Waals surface area contributed by atoms with E-state index >= 15 is 0 Å². The predicted octanol–water partition coefficient (Wildman–Crippen LogP) is 3.91. The SMILES string of the molecule is Cc1cc(NCCCn2ccnc2)nc(-c2ccc(Br)cc2)n1. The van der Waals surface area contributed by atoms with Crippen LogP contribution in [0.2, 0.25) is 0 Å². The van der Waals surface area contributed by atoms with Crippen molar-refractivity contribution in [3.63, 3.8) is 0 Å². The predicted molar refractivity (Wildman–Crippen MR) is 95.2 cm³/mol. The number of imidazole rings is 1. The lowest BCUT2D eigenvalue weighted by molar-refractivity contribution is 0.660. The molecule has 3 aromatic rings. The number of nitrogens with zero attached hydrogens (tertiary/aromatic N) is 4. The van der Waals surface area contributed by atoms with Gasteiger partial charge in [-0.05, 0) is 25.5 Å². The molecule has 1 N–H and O–H groups in total. The number of halogens is 1. The van der Waals surface area contributed by atoms with E-state index in [-0.39, 0.29) is 0 Å². The summed E-state index contributed by atoms with van der Waals surface area (Å²) < 4.78 is 3.12. The lowest BCUT2D eigenvalue weighted by Gasteiger charge is -2.09. The first-order chi connectivity index (χ1) is 11.2. The number of hydrogen-bond donors (Lipinski definition) is 1. The normalized spacial score (nSPS) is 10.7.